The van der Waals surface area contributed by atoms with Gasteiger partial charge in [-0.05, 0) is 32.0 Å². The van der Waals surface area contributed by atoms with Crippen LogP contribution in [0.1, 0.15) is 28.8 Å². The van der Waals surface area contributed by atoms with E-state index in [0.29, 0.717) is 5.69 Å². The van der Waals surface area contributed by atoms with Gasteiger partial charge in [0.1, 0.15) is 22.0 Å². The molecule has 0 saturated carbocycles. The van der Waals surface area contributed by atoms with Crippen molar-refractivity contribution in [3.8, 4) is 0 Å². The molecule has 0 atom stereocenters. The number of rotatable bonds is 5. The molecule has 2 aromatic rings. The summed E-state index contributed by atoms with van der Waals surface area (Å²) >= 11 is 0. The number of nitrogens with one attached hydrogen (secondary N) is 2. The summed E-state index contributed by atoms with van der Waals surface area (Å²) in [5, 5.41) is 2.56. The van der Waals surface area contributed by atoms with Crippen LogP contribution < -0.4 is 10.0 Å². The van der Waals surface area contributed by atoms with Gasteiger partial charge in [0.05, 0.1) is 12.8 Å². The van der Waals surface area contributed by atoms with Crippen LogP contribution >= 0.6 is 0 Å². The second-order valence-corrected chi connectivity index (χ2v) is 6.90. The first-order valence-electron chi connectivity index (χ1n) is 7.24. The molecule has 8 nitrogen and oxygen atoms in total. The van der Waals surface area contributed by atoms with Crippen LogP contribution in [0.4, 0.5) is 11.4 Å². The maximum Gasteiger partial charge on any atom is 0.342 e. The number of hydrogen-bond acceptors (Lipinski definition) is 6. The maximum atomic E-state index is 12.7. The smallest absolute Gasteiger partial charge is 0.342 e. The molecule has 0 fully saturated rings. The van der Waals surface area contributed by atoms with E-state index in [-0.39, 0.29) is 33.6 Å². The molecule has 1 aromatic heterocycles. The van der Waals surface area contributed by atoms with E-state index in [0.717, 1.165) is 7.11 Å². The molecule has 0 radical (unpaired) electrons. The zero-order valence-electron chi connectivity index (χ0n) is 14.2. The van der Waals surface area contributed by atoms with E-state index in [4.69, 9.17) is 4.42 Å². The minimum Gasteiger partial charge on any atom is -0.465 e. The van der Waals surface area contributed by atoms with E-state index in [1.165, 1.54) is 32.9 Å². The van der Waals surface area contributed by atoms with Crippen molar-refractivity contribution in [3.05, 3.63) is 41.3 Å². The Labute approximate surface area is 145 Å². The monoisotopic (exact) mass is 366 g/mol. The minimum absolute atomic E-state index is 0.0726. The second kappa shape index (κ2) is 6.98. The average molecular weight is 366 g/mol. The lowest BCUT2D eigenvalue weighted by atomic mass is 10.2. The summed E-state index contributed by atoms with van der Waals surface area (Å²) in [5.74, 6) is -0.865. The summed E-state index contributed by atoms with van der Waals surface area (Å²) in [6.45, 7) is 4.27. The summed E-state index contributed by atoms with van der Waals surface area (Å²) in [4.78, 5) is 22.8. The molecular formula is C16H18N2O6S. The highest BCUT2D eigenvalue weighted by Gasteiger charge is 2.31. The third-order valence-corrected chi connectivity index (χ3v) is 4.83. The molecule has 1 aromatic carbocycles. The van der Waals surface area contributed by atoms with Gasteiger partial charge in [0.25, 0.3) is 10.0 Å². The Bertz CT molecular complexity index is 930. The van der Waals surface area contributed by atoms with Crippen molar-refractivity contribution in [2.45, 2.75) is 25.7 Å². The standard InChI is InChI=1S/C16H18N2O6S/c1-9-14(16(20)23-4)15(10(2)24-9)25(21,22)18-13-7-5-6-12(8-13)17-11(3)19/h5-8,18H,1-4H3,(H,17,19). The Morgan fingerprint density at radius 3 is 2.36 bits per heavy atom. The summed E-state index contributed by atoms with van der Waals surface area (Å²) in [5.41, 5.74) is 0.506. The Hall–Kier alpha value is -2.81. The molecule has 0 spiro atoms. The van der Waals surface area contributed by atoms with Crippen molar-refractivity contribution in [2.75, 3.05) is 17.1 Å². The normalized spacial score (nSPS) is 11.0. The molecule has 134 valence electrons. The lowest BCUT2D eigenvalue weighted by Crippen LogP contribution is -2.17. The van der Waals surface area contributed by atoms with Crippen molar-refractivity contribution < 1.29 is 27.2 Å². The first-order valence-corrected chi connectivity index (χ1v) is 8.72. The first kappa shape index (κ1) is 18.5. The number of carbonyl (C=O) groups is 2. The van der Waals surface area contributed by atoms with Gasteiger partial charge in [-0.15, -0.1) is 0 Å². The lowest BCUT2D eigenvalue weighted by molar-refractivity contribution is -0.114. The van der Waals surface area contributed by atoms with E-state index < -0.39 is 16.0 Å². The molecule has 0 unspecified atom stereocenters. The SMILES string of the molecule is COC(=O)c1c(C)oc(C)c1S(=O)(=O)Nc1cccc(NC(C)=O)c1. The fraction of sp³-hybridized carbons (Fsp3) is 0.250. The largest absolute Gasteiger partial charge is 0.465 e. The molecule has 9 heteroatoms. The molecule has 2 N–H and O–H groups in total. The second-order valence-electron chi connectivity index (χ2n) is 5.28. The van der Waals surface area contributed by atoms with Crippen LogP contribution in [0, 0.1) is 13.8 Å². The number of amides is 1. The topological polar surface area (TPSA) is 115 Å². The third kappa shape index (κ3) is 4.00. The van der Waals surface area contributed by atoms with Gasteiger partial charge in [0, 0.05) is 12.6 Å². The first-order chi connectivity index (χ1) is 11.7. The zero-order chi connectivity index (χ0) is 18.8. The number of benzene rings is 1. The van der Waals surface area contributed by atoms with Gasteiger partial charge in [-0.3, -0.25) is 9.52 Å². The predicted molar refractivity (Wildman–Crippen MR) is 91.1 cm³/mol. The fourth-order valence-electron chi connectivity index (χ4n) is 2.39. The number of aryl methyl sites for hydroxylation is 2. The highest BCUT2D eigenvalue weighted by molar-refractivity contribution is 7.92. The Morgan fingerprint density at radius 2 is 1.76 bits per heavy atom. The number of esters is 1. The van der Waals surface area contributed by atoms with E-state index in [1.807, 2.05) is 0 Å². The molecule has 0 aliphatic carbocycles. The van der Waals surface area contributed by atoms with Gasteiger partial charge in [-0.2, -0.15) is 0 Å². The molecule has 0 aliphatic heterocycles. The molecular weight excluding hydrogens is 348 g/mol. The predicted octanol–water partition coefficient (Wildman–Crippen LogP) is 2.44. The quantitative estimate of drug-likeness (QED) is 0.786. The summed E-state index contributed by atoms with van der Waals surface area (Å²) in [7, 11) is -2.95. The van der Waals surface area contributed by atoms with Crippen molar-refractivity contribution in [1.29, 1.82) is 0 Å². The number of anilines is 2. The van der Waals surface area contributed by atoms with Crippen LogP contribution in [-0.4, -0.2) is 27.4 Å². The summed E-state index contributed by atoms with van der Waals surface area (Å²) in [6.07, 6.45) is 0. The lowest BCUT2D eigenvalue weighted by Gasteiger charge is -2.10. The van der Waals surface area contributed by atoms with Crippen LogP contribution in [-0.2, 0) is 19.6 Å². The van der Waals surface area contributed by atoms with Crippen LogP contribution in [0.2, 0.25) is 0 Å². The van der Waals surface area contributed by atoms with Gasteiger partial charge in [0.2, 0.25) is 5.91 Å². The van der Waals surface area contributed by atoms with Crippen molar-refractivity contribution in [1.82, 2.24) is 0 Å². The molecule has 1 amide bonds. The van der Waals surface area contributed by atoms with Gasteiger partial charge >= 0.3 is 5.97 Å². The molecule has 0 bridgehead atoms. The Balaban J connectivity index is 2.44. The number of methoxy groups -OCH3 is 1. The fourth-order valence-corrected chi connectivity index (χ4v) is 3.85. The minimum atomic E-state index is -4.11. The van der Waals surface area contributed by atoms with E-state index in [1.54, 1.807) is 12.1 Å². The van der Waals surface area contributed by atoms with Gasteiger partial charge in [-0.25, -0.2) is 13.2 Å². The van der Waals surface area contributed by atoms with Crippen LogP contribution in [0.15, 0.2) is 33.6 Å². The number of ether oxygens (including phenoxy) is 1. The average Bonchev–Trinajstić information content (AvgIpc) is 2.80. The molecule has 0 saturated heterocycles. The zero-order valence-corrected chi connectivity index (χ0v) is 15.0. The van der Waals surface area contributed by atoms with Crippen molar-refractivity contribution in [3.63, 3.8) is 0 Å². The van der Waals surface area contributed by atoms with Crippen molar-refractivity contribution in [2.24, 2.45) is 0 Å². The van der Waals surface area contributed by atoms with Crippen molar-refractivity contribution >= 4 is 33.3 Å². The van der Waals surface area contributed by atoms with E-state index >= 15 is 0 Å². The maximum absolute atomic E-state index is 12.7. The summed E-state index contributed by atoms with van der Waals surface area (Å²) in [6, 6.07) is 6.17. The highest BCUT2D eigenvalue weighted by atomic mass is 32.2. The van der Waals surface area contributed by atoms with Crippen LogP contribution in [0.5, 0.6) is 0 Å². The van der Waals surface area contributed by atoms with Gasteiger partial charge < -0.3 is 14.5 Å². The van der Waals surface area contributed by atoms with Gasteiger partial charge in [-0.1, -0.05) is 6.07 Å². The molecule has 0 aliphatic rings. The highest BCUT2D eigenvalue weighted by Crippen LogP contribution is 2.29. The number of carbonyl (C=O) groups excluding carboxylic acids is 2. The Kier molecular flexibility index (Phi) is 5.17. The van der Waals surface area contributed by atoms with E-state index in [9.17, 15) is 18.0 Å². The summed E-state index contributed by atoms with van der Waals surface area (Å²) < 4.78 is 37.8. The number of sulfonamides is 1. The molecule has 1 heterocycles. The molecule has 25 heavy (non-hydrogen) atoms. The van der Waals surface area contributed by atoms with Crippen LogP contribution in [0.3, 0.4) is 0 Å². The number of furan rings is 1. The molecule has 2 rings (SSSR count). The van der Waals surface area contributed by atoms with Crippen LogP contribution in [0.25, 0.3) is 0 Å². The third-order valence-electron chi connectivity index (χ3n) is 3.30. The number of hydrogen-bond donors (Lipinski definition) is 2. The van der Waals surface area contributed by atoms with Gasteiger partial charge in [0.15, 0.2) is 0 Å². The Morgan fingerprint density at radius 1 is 1.12 bits per heavy atom. The van der Waals surface area contributed by atoms with E-state index in [2.05, 4.69) is 14.8 Å².